The minimum Gasteiger partial charge on any atom is -0.333 e. The molecule has 0 saturated carbocycles. The van der Waals surface area contributed by atoms with E-state index in [0.717, 1.165) is 37.6 Å². The van der Waals surface area contributed by atoms with Crippen molar-refractivity contribution in [1.82, 2.24) is 20.0 Å². The highest BCUT2D eigenvalue weighted by molar-refractivity contribution is 7.99. The largest absolute Gasteiger partial charge is 0.333 e. The molecule has 0 aromatic carbocycles. The van der Waals surface area contributed by atoms with Gasteiger partial charge in [-0.2, -0.15) is 16.9 Å². The van der Waals surface area contributed by atoms with Crippen molar-refractivity contribution in [2.75, 3.05) is 31.1 Å². The number of carbonyl (C=O) groups excluding carboxylic acids is 1. The van der Waals surface area contributed by atoms with Gasteiger partial charge in [0.2, 0.25) is 0 Å². The molecule has 1 aromatic heterocycles. The van der Waals surface area contributed by atoms with E-state index in [0.29, 0.717) is 17.8 Å². The summed E-state index contributed by atoms with van der Waals surface area (Å²) in [5.41, 5.74) is 0.592. The zero-order valence-electron chi connectivity index (χ0n) is 11.9. The number of rotatable bonds is 2. The Bertz CT molecular complexity index is 469. The van der Waals surface area contributed by atoms with Crippen LogP contribution in [0.25, 0.3) is 0 Å². The summed E-state index contributed by atoms with van der Waals surface area (Å²) in [6.45, 7) is 4.99. The Labute approximate surface area is 124 Å². The van der Waals surface area contributed by atoms with Crippen LogP contribution in [0.5, 0.6) is 0 Å². The number of hydrogen-bond donors (Lipinski definition) is 1. The smallest absolute Gasteiger partial charge is 0.274 e. The third-order valence-electron chi connectivity index (χ3n) is 4.10. The van der Waals surface area contributed by atoms with Crippen LogP contribution in [0.2, 0.25) is 0 Å². The topological polar surface area (TPSA) is 50.2 Å². The lowest BCUT2D eigenvalue weighted by atomic mass is 10.1. The summed E-state index contributed by atoms with van der Waals surface area (Å²) in [6, 6.07) is 2.56. The normalized spacial score (nSPS) is 27.6. The summed E-state index contributed by atoms with van der Waals surface area (Å²) >= 11 is 1.92. The Balaban J connectivity index is 1.70. The zero-order valence-corrected chi connectivity index (χ0v) is 12.7. The maximum absolute atomic E-state index is 12.5. The molecule has 0 aliphatic carbocycles. The van der Waals surface area contributed by atoms with E-state index in [9.17, 15) is 4.79 Å². The summed E-state index contributed by atoms with van der Waals surface area (Å²) < 4.78 is 1.96. The molecular formula is C14H22N4OS. The minimum absolute atomic E-state index is 0.0836. The molecule has 20 heavy (non-hydrogen) atoms. The van der Waals surface area contributed by atoms with E-state index in [2.05, 4.69) is 17.3 Å². The van der Waals surface area contributed by atoms with Gasteiger partial charge in [-0.1, -0.05) is 0 Å². The molecular weight excluding hydrogens is 272 g/mol. The van der Waals surface area contributed by atoms with Crippen LogP contribution < -0.4 is 5.32 Å². The molecule has 1 aromatic rings. The van der Waals surface area contributed by atoms with E-state index in [-0.39, 0.29) is 5.91 Å². The SMILES string of the molecule is CC1CSCCN1C(=O)c1ccn(C2CCCNC2)n1. The lowest BCUT2D eigenvalue weighted by Gasteiger charge is -2.32. The van der Waals surface area contributed by atoms with E-state index >= 15 is 0 Å². The lowest BCUT2D eigenvalue weighted by molar-refractivity contribution is 0.0708. The van der Waals surface area contributed by atoms with Crippen LogP contribution in [-0.2, 0) is 0 Å². The molecule has 0 bridgehead atoms. The van der Waals surface area contributed by atoms with Gasteiger partial charge in [-0.15, -0.1) is 0 Å². The quantitative estimate of drug-likeness (QED) is 0.895. The van der Waals surface area contributed by atoms with Gasteiger partial charge < -0.3 is 10.2 Å². The van der Waals surface area contributed by atoms with Crippen LogP contribution in [0.15, 0.2) is 12.3 Å². The molecule has 2 unspecified atom stereocenters. The third kappa shape index (κ3) is 2.86. The number of aromatic nitrogens is 2. The highest BCUT2D eigenvalue weighted by Gasteiger charge is 2.26. The molecule has 2 aliphatic rings. The van der Waals surface area contributed by atoms with E-state index < -0.39 is 0 Å². The first-order valence-corrected chi connectivity index (χ1v) is 8.56. The van der Waals surface area contributed by atoms with Crippen molar-refractivity contribution >= 4 is 17.7 Å². The molecule has 2 saturated heterocycles. The number of piperidine rings is 1. The highest BCUT2D eigenvalue weighted by Crippen LogP contribution is 2.20. The molecule has 0 radical (unpaired) electrons. The zero-order chi connectivity index (χ0) is 13.9. The van der Waals surface area contributed by atoms with Crippen LogP contribution in [0.4, 0.5) is 0 Å². The highest BCUT2D eigenvalue weighted by atomic mass is 32.2. The average molecular weight is 294 g/mol. The Kier molecular flexibility index (Phi) is 4.31. The summed E-state index contributed by atoms with van der Waals surface area (Å²) in [4.78, 5) is 14.5. The molecule has 5 nitrogen and oxygen atoms in total. The standard InChI is InChI=1S/C14H22N4OS/c1-11-10-20-8-7-17(11)14(19)13-4-6-18(16-13)12-3-2-5-15-9-12/h4,6,11-12,15H,2-3,5,7-10H2,1H3. The number of hydrogen-bond acceptors (Lipinski definition) is 4. The summed E-state index contributed by atoms with van der Waals surface area (Å²) in [7, 11) is 0. The van der Waals surface area contributed by atoms with Gasteiger partial charge in [0.1, 0.15) is 5.69 Å². The third-order valence-corrected chi connectivity index (χ3v) is 5.29. The van der Waals surface area contributed by atoms with Gasteiger partial charge in [-0.3, -0.25) is 9.48 Å². The Hall–Kier alpha value is -1.01. The minimum atomic E-state index is 0.0836. The van der Waals surface area contributed by atoms with E-state index in [1.165, 1.54) is 6.42 Å². The second kappa shape index (κ2) is 6.18. The van der Waals surface area contributed by atoms with Crippen LogP contribution in [0.1, 0.15) is 36.3 Å². The first-order chi connectivity index (χ1) is 9.75. The Morgan fingerprint density at radius 1 is 1.55 bits per heavy atom. The van der Waals surface area contributed by atoms with Gasteiger partial charge in [-0.25, -0.2) is 0 Å². The van der Waals surface area contributed by atoms with Gasteiger partial charge in [0.05, 0.1) is 6.04 Å². The van der Waals surface area contributed by atoms with Gasteiger partial charge >= 0.3 is 0 Å². The van der Waals surface area contributed by atoms with Crippen LogP contribution in [0, 0.1) is 0 Å². The molecule has 2 aliphatic heterocycles. The fraction of sp³-hybridized carbons (Fsp3) is 0.714. The van der Waals surface area contributed by atoms with Gasteiger partial charge in [0.15, 0.2) is 0 Å². The van der Waals surface area contributed by atoms with Crippen molar-refractivity contribution in [2.45, 2.75) is 31.8 Å². The molecule has 3 rings (SSSR count). The van der Waals surface area contributed by atoms with Crippen molar-refractivity contribution in [3.05, 3.63) is 18.0 Å². The second-order valence-electron chi connectivity index (χ2n) is 5.60. The number of carbonyl (C=O) groups is 1. The Morgan fingerprint density at radius 2 is 2.45 bits per heavy atom. The fourth-order valence-corrected chi connectivity index (χ4v) is 3.90. The van der Waals surface area contributed by atoms with Crippen molar-refractivity contribution in [2.24, 2.45) is 0 Å². The van der Waals surface area contributed by atoms with Crippen LogP contribution >= 0.6 is 11.8 Å². The van der Waals surface area contributed by atoms with Crippen LogP contribution in [0.3, 0.4) is 0 Å². The van der Waals surface area contributed by atoms with Gasteiger partial charge in [0, 0.05) is 36.8 Å². The number of nitrogens with one attached hydrogen (secondary N) is 1. The van der Waals surface area contributed by atoms with Gasteiger partial charge in [0.25, 0.3) is 5.91 Å². The molecule has 1 amide bonds. The molecule has 110 valence electrons. The first kappa shape index (κ1) is 13.9. The predicted molar refractivity (Wildman–Crippen MR) is 81.2 cm³/mol. The van der Waals surface area contributed by atoms with Crippen molar-refractivity contribution < 1.29 is 4.79 Å². The summed E-state index contributed by atoms with van der Waals surface area (Å²) in [6.07, 6.45) is 4.27. The van der Waals surface area contributed by atoms with Crippen LogP contribution in [-0.4, -0.2) is 57.8 Å². The fourth-order valence-electron chi connectivity index (χ4n) is 2.89. The second-order valence-corrected chi connectivity index (χ2v) is 6.75. The molecule has 6 heteroatoms. The number of nitrogens with zero attached hydrogens (tertiary/aromatic N) is 3. The lowest BCUT2D eigenvalue weighted by Crippen LogP contribution is -2.44. The molecule has 2 fully saturated rings. The van der Waals surface area contributed by atoms with E-state index in [1.54, 1.807) is 0 Å². The van der Waals surface area contributed by atoms with E-state index in [4.69, 9.17) is 0 Å². The monoisotopic (exact) mass is 294 g/mol. The maximum atomic E-state index is 12.5. The van der Waals surface area contributed by atoms with Crippen molar-refractivity contribution in [3.8, 4) is 0 Å². The maximum Gasteiger partial charge on any atom is 0.274 e. The molecule has 1 N–H and O–H groups in total. The average Bonchev–Trinajstić information content (AvgIpc) is 2.98. The summed E-state index contributed by atoms with van der Waals surface area (Å²) in [5.74, 6) is 2.14. The summed E-state index contributed by atoms with van der Waals surface area (Å²) in [5, 5.41) is 7.91. The molecule has 0 spiro atoms. The predicted octanol–water partition coefficient (Wildman–Crippen LogP) is 1.39. The number of amides is 1. The molecule has 2 atom stereocenters. The van der Waals surface area contributed by atoms with Crippen molar-refractivity contribution in [1.29, 1.82) is 0 Å². The number of thioether (sulfide) groups is 1. The van der Waals surface area contributed by atoms with E-state index in [1.807, 2.05) is 33.6 Å². The molecule has 3 heterocycles. The Morgan fingerprint density at radius 3 is 3.20 bits per heavy atom. The first-order valence-electron chi connectivity index (χ1n) is 7.40. The van der Waals surface area contributed by atoms with Gasteiger partial charge in [-0.05, 0) is 32.4 Å². The van der Waals surface area contributed by atoms with Crippen molar-refractivity contribution in [3.63, 3.8) is 0 Å².